The quantitative estimate of drug-likeness (QED) is 0.709. The molecule has 1 heterocycles. The molecular formula is C17H30N4O2. The third-order valence-corrected chi connectivity index (χ3v) is 3.14. The Morgan fingerprint density at radius 3 is 2.13 bits per heavy atom. The van der Waals surface area contributed by atoms with Crippen LogP contribution >= 0.6 is 0 Å². The predicted molar refractivity (Wildman–Crippen MR) is 92.8 cm³/mol. The van der Waals surface area contributed by atoms with Gasteiger partial charge in [0.2, 0.25) is 0 Å². The van der Waals surface area contributed by atoms with Crippen molar-refractivity contribution in [3.8, 4) is 0 Å². The molecule has 0 saturated heterocycles. The van der Waals surface area contributed by atoms with Crippen molar-refractivity contribution in [1.29, 1.82) is 0 Å². The highest BCUT2D eigenvalue weighted by atomic mass is 16.3. The average molecular weight is 322 g/mol. The average Bonchev–Trinajstić information content (AvgIpc) is 3.15. The number of hydrogen-bond donors (Lipinski definition) is 3. The van der Waals surface area contributed by atoms with Crippen LogP contribution in [0.5, 0.6) is 0 Å². The molecule has 1 aromatic heterocycles. The number of nitrogens with one attached hydrogen (secondary N) is 1. The molecule has 0 fully saturated rings. The Morgan fingerprint density at radius 2 is 1.83 bits per heavy atom. The zero-order chi connectivity index (χ0) is 17.3. The second-order valence-electron chi connectivity index (χ2n) is 4.83. The van der Waals surface area contributed by atoms with Crippen LogP contribution in [-0.2, 0) is 6.42 Å². The van der Waals surface area contributed by atoms with Gasteiger partial charge >= 0.3 is 0 Å². The van der Waals surface area contributed by atoms with Crippen LogP contribution in [0.2, 0.25) is 0 Å². The van der Waals surface area contributed by atoms with Gasteiger partial charge in [0.05, 0.1) is 6.20 Å². The van der Waals surface area contributed by atoms with Crippen molar-refractivity contribution < 1.29 is 10.2 Å². The van der Waals surface area contributed by atoms with Gasteiger partial charge in [0.25, 0.3) is 0 Å². The molecule has 6 nitrogen and oxygen atoms in total. The van der Waals surface area contributed by atoms with E-state index in [0.29, 0.717) is 0 Å². The van der Waals surface area contributed by atoms with Crippen molar-refractivity contribution in [1.82, 2.24) is 20.3 Å². The normalized spacial score (nSPS) is 11.0. The molecule has 0 aliphatic rings. The summed E-state index contributed by atoms with van der Waals surface area (Å²) >= 11 is 0. The van der Waals surface area contributed by atoms with Gasteiger partial charge in [-0.25, -0.2) is 0 Å². The molecule has 0 saturated carbocycles. The van der Waals surface area contributed by atoms with Crippen molar-refractivity contribution in [2.45, 2.75) is 39.8 Å². The third-order valence-electron chi connectivity index (χ3n) is 3.14. The highest BCUT2D eigenvalue weighted by Gasteiger charge is 2.02. The topological polar surface area (TPSA) is 85.3 Å². The van der Waals surface area contributed by atoms with Crippen molar-refractivity contribution in [2.75, 3.05) is 19.7 Å². The lowest BCUT2D eigenvalue weighted by Crippen LogP contribution is -2.32. The van der Waals surface area contributed by atoms with Crippen molar-refractivity contribution >= 4 is 0 Å². The van der Waals surface area contributed by atoms with Gasteiger partial charge in [0.1, 0.15) is 6.23 Å². The number of benzene rings is 1. The van der Waals surface area contributed by atoms with Crippen LogP contribution in [0.1, 0.15) is 32.8 Å². The summed E-state index contributed by atoms with van der Waals surface area (Å²) in [6.07, 6.45) is 4.80. The van der Waals surface area contributed by atoms with Gasteiger partial charge in [0, 0.05) is 12.8 Å². The molecule has 2 aromatic rings. The van der Waals surface area contributed by atoms with E-state index in [1.54, 1.807) is 19.3 Å². The van der Waals surface area contributed by atoms with E-state index in [4.69, 9.17) is 10.2 Å². The fraction of sp³-hybridized carbons (Fsp3) is 0.529. The lowest BCUT2D eigenvalue weighted by Gasteiger charge is -2.20. The standard InChI is InChI=1S/C9H12O.C6H15NO.C2H3N3/c10-8-4-7-9-5-2-1-3-6-9;1-4-7(5-2)6(3)8;1-2-4-5-3-1/h1-3,5-6,10H,4,7-8H2;6,8H,4-5H2,1-3H3;1-2H,(H,3,4,5). The highest BCUT2D eigenvalue weighted by Crippen LogP contribution is 2.00. The third kappa shape index (κ3) is 12.5. The summed E-state index contributed by atoms with van der Waals surface area (Å²) in [5, 5.41) is 26.7. The van der Waals surface area contributed by atoms with Crippen molar-refractivity contribution in [3.63, 3.8) is 0 Å². The minimum absolute atomic E-state index is 0.287. The molecule has 1 atom stereocenters. The van der Waals surface area contributed by atoms with Gasteiger partial charge in [-0.15, -0.1) is 5.10 Å². The fourth-order valence-corrected chi connectivity index (χ4v) is 1.85. The molecule has 1 aromatic carbocycles. The zero-order valence-corrected chi connectivity index (χ0v) is 14.4. The SMILES string of the molecule is CCN(CC)C(C)O.OCCCc1ccccc1.c1c[nH]nn1. The first kappa shape index (κ1) is 21.2. The van der Waals surface area contributed by atoms with Gasteiger partial charge < -0.3 is 10.2 Å². The number of nitrogens with zero attached hydrogens (tertiary/aromatic N) is 3. The van der Waals surface area contributed by atoms with Crippen LogP contribution in [0.4, 0.5) is 0 Å². The van der Waals surface area contributed by atoms with E-state index in [2.05, 4.69) is 27.5 Å². The van der Waals surface area contributed by atoms with E-state index in [1.807, 2.05) is 36.9 Å². The van der Waals surface area contributed by atoms with E-state index in [1.165, 1.54) is 5.56 Å². The number of aromatic amines is 1. The first-order valence-electron chi connectivity index (χ1n) is 8.02. The molecule has 130 valence electrons. The molecule has 6 heteroatoms. The molecule has 23 heavy (non-hydrogen) atoms. The molecule has 3 N–H and O–H groups in total. The number of aliphatic hydroxyl groups excluding tert-OH is 2. The Bertz CT molecular complexity index is 414. The van der Waals surface area contributed by atoms with Gasteiger partial charge in [0.15, 0.2) is 0 Å². The van der Waals surface area contributed by atoms with E-state index in [9.17, 15) is 0 Å². The van der Waals surface area contributed by atoms with E-state index in [0.717, 1.165) is 25.9 Å². The molecule has 2 rings (SSSR count). The second kappa shape index (κ2) is 15.1. The lowest BCUT2D eigenvalue weighted by molar-refractivity contribution is 0.0265. The Balaban J connectivity index is 0.000000333. The fourth-order valence-electron chi connectivity index (χ4n) is 1.85. The van der Waals surface area contributed by atoms with E-state index in [-0.39, 0.29) is 12.8 Å². The van der Waals surface area contributed by atoms with Gasteiger partial charge in [-0.05, 0) is 38.4 Å². The maximum atomic E-state index is 8.94. The van der Waals surface area contributed by atoms with Crippen LogP contribution in [0.15, 0.2) is 42.7 Å². The first-order chi connectivity index (χ1) is 11.2. The van der Waals surface area contributed by atoms with Crippen LogP contribution in [0.25, 0.3) is 0 Å². The van der Waals surface area contributed by atoms with Crippen LogP contribution < -0.4 is 0 Å². The van der Waals surface area contributed by atoms with E-state index < -0.39 is 0 Å². The van der Waals surface area contributed by atoms with Gasteiger partial charge in [-0.2, -0.15) is 0 Å². The first-order valence-corrected chi connectivity index (χ1v) is 8.02. The number of aliphatic hydroxyl groups is 2. The Kier molecular flexibility index (Phi) is 14.0. The molecule has 0 bridgehead atoms. The van der Waals surface area contributed by atoms with Crippen LogP contribution in [0.3, 0.4) is 0 Å². The molecule has 0 aliphatic carbocycles. The number of aryl methyl sites for hydroxylation is 1. The van der Waals surface area contributed by atoms with Crippen molar-refractivity contribution in [2.24, 2.45) is 0 Å². The molecule has 0 spiro atoms. The molecule has 0 radical (unpaired) electrons. The van der Waals surface area contributed by atoms with Gasteiger partial charge in [-0.1, -0.05) is 49.4 Å². The summed E-state index contributed by atoms with van der Waals surface area (Å²) in [6.45, 7) is 8.00. The number of rotatable bonds is 6. The summed E-state index contributed by atoms with van der Waals surface area (Å²) in [6, 6.07) is 10.2. The minimum Gasteiger partial charge on any atom is -0.396 e. The Morgan fingerprint density at radius 1 is 1.17 bits per heavy atom. The maximum absolute atomic E-state index is 8.94. The van der Waals surface area contributed by atoms with Crippen molar-refractivity contribution in [3.05, 3.63) is 48.3 Å². The molecule has 1 unspecified atom stereocenters. The monoisotopic (exact) mass is 322 g/mol. The molecule has 0 aliphatic heterocycles. The molecule has 0 amide bonds. The number of hydrogen-bond acceptors (Lipinski definition) is 5. The maximum Gasteiger partial charge on any atom is 0.104 e. The summed E-state index contributed by atoms with van der Waals surface area (Å²) in [7, 11) is 0. The smallest absolute Gasteiger partial charge is 0.104 e. The minimum atomic E-state index is -0.287. The second-order valence-corrected chi connectivity index (χ2v) is 4.83. The summed E-state index contributed by atoms with van der Waals surface area (Å²) in [4.78, 5) is 1.97. The summed E-state index contributed by atoms with van der Waals surface area (Å²) in [5.41, 5.74) is 1.30. The summed E-state index contributed by atoms with van der Waals surface area (Å²) in [5.74, 6) is 0. The Labute approximate surface area is 139 Å². The van der Waals surface area contributed by atoms with E-state index >= 15 is 0 Å². The highest BCUT2D eigenvalue weighted by molar-refractivity contribution is 5.14. The van der Waals surface area contributed by atoms with Crippen LogP contribution in [0, 0.1) is 0 Å². The molecular weight excluding hydrogens is 292 g/mol. The Hall–Kier alpha value is -1.76. The largest absolute Gasteiger partial charge is 0.396 e. The lowest BCUT2D eigenvalue weighted by atomic mass is 10.1. The summed E-state index contributed by atoms with van der Waals surface area (Å²) < 4.78 is 0. The zero-order valence-electron chi connectivity index (χ0n) is 14.4. The van der Waals surface area contributed by atoms with Gasteiger partial charge in [-0.3, -0.25) is 10.00 Å². The predicted octanol–water partition coefficient (Wildman–Crippen LogP) is 2.08. The number of H-pyrrole nitrogens is 1. The number of aromatic nitrogens is 3. The van der Waals surface area contributed by atoms with Crippen LogP contribution in [-0.4, -0.2) is 56.4 Å².